The quantitative estimate of drug-likeness (QED) is 0.773. The highest BCUT2D eigenvalue weighted by Crippen LogP contribution is 2.20. The van der Waals surface area contributed by atoms with Gasteiger partial charge >= 0.3 is 0 Å². The predicted octanol–water partition coefficient (Wildman–Crippen LogP) is 1.41. The maximum atomic E-state index is 9.08. The highest BCUT2D eigenvalue weighted by Gasteiger charge is 2.13. The molecule has 0 atom stereocenters. The highest BCUT2D eigenvalue weighted by molar-refractivity contribution is 9.10. The average molecular weight is 338 g/mol. The molecule has 0 unspecified atom stereocenters. The minimum Gasteiger partial charge on any atom is -0.395 e. The Morgan fingerprint density at radius 3 is 2.90 bits per heavy atom. The van der Waals surface area contributed by atoms with E-state index in [1.54, 1.807) is 10.8 Å². The number of para-hydroxylation sites is 1. The zero-order valence-electron chi connectivity index (χ0n) is 11.0. The Bertz CT molecular complexity index is 571. The molecule has 2 rings (SSSR count). The third-order valence-corrected chi connectivity index (χ3v) is 3.45. The summed E-state index contributed by atoms with van der Waals surface area (Å²) in [6, 6.07) is 7.75. The van der Waals surface area contributed by atoms with Crippen LogP contribution < -0.4 is 0 Å². The normalized spacial score (nSPS) is 10.9. The number of benzene rings is 1. The van der Waals surface area contributed by atoms with Crippen LogP contribution in [0, 0.1) is 0 Å². The lowest BCUT2D eigenvalue weighted by Gasteiger charge is -2.18. The van der Waals surface area contributed by atoms with E-state index in [0.717, 1.165) is 10.2 Å². The second kappa shape index (κ2) is 7.28. The Labute approximate surface area is 125 Å². The Morgan fingerprint density at radius 2 is 2.20 bits per heavy atom. The van der Waals surface area contributed by atoms with E-state index >= 15 is 0 Å². The van der Waals surface area contributed by atoms with Gasteiger partial charge in [0.05, 0.1) is 18.8 Å². The fraction of sp³-hybridized carbons (Fsp3) is 0.308. The van der Waals surface area contributed by atoms with Crippen molar-refractivity contribution in [3.05, 3.63) is 47.2 Å². The topological polar surface area (TPSA) is 67.1 Å². The highest BCUT2D eigenvalue weighted by atomic mass is 79.9. The zero-order valence-corrected chi connectivity index (χ0v) is 12.6. The summed E-state index contributed by atoms with van der Waals surface area (Å²) in [6.07, 6.45) is 1.79. The molecular weight excluding hydrogens is 322 g/mol. The molecule has 1 N–H and O–H groups in total. The van der Waals surface area contributed by atoms with Gasteiger partial charge in [-0.3, -0.25) is 4.90 Å². The number of rotatable bonds is 7. The van der Waals surface area contributed by atoms with E-state index in [2.05, 4.69) is 38.0 Å². The molecule has 0 aliphatic heterocycles. The Hall–Kier alpha value is -1.57. The van der Waals surface area contributed by atoms with Crippen molar-refractivity contribution in [3.8, 4) is 5.69 Å². The molecule has 0 fully saturated rings. The zero-order chi connectivity index (χ0) is 14.4. The van der Waals surface area contributed by atoms with Crippen molar-refractivity contribution in [3.63, 3.8) is 0 Å². The lowest BCUT2D eigenvalue weighted by atomic mass is 10.3. The van der Waals surface area contributed by atoms with Crippen LogP contribution >= 0.6 is 15.9 Å². The van der Waals surface area contributed by atoms with Gasteiger partial charge in [0, 0.05) is 17.6 Å². The van der Waals surface area contributed by atoms with Crippen molar-refractivity contribution >= 4 is 15.9 Å². The molecule has 0 bridgehead atoms. The van der Waals surface area contributed by atoms with Crippen LogP contribution in [0.5, 0.6) is 0 Å². The van der Waals surface area contributed by atoms with E-state index in [4.69, 9.17) is 5.11 Å². The molecule has 6 nitrogen and oxygen atoms in total. The van der Waals surface area contributed by atoms with E-state index < -0.39 is 0 Å². The van der Waals surface area contributed by atoms with Crippen molar-refractivity contribution in [2.45, 2.75) is 6.54 Å². The van der Waals surface area contributed by atoms with Gasteiger partial charge in [0.25, 0.3) is 0 Å². The van der Waals surface area contributed by atoms with Gasteiger partial charge in [-0.05, 0) is 38.5 Å². The van der Waals surface area contributed by atoms with Gasteiger partial charge in [0.2, 0.25) is 0 Å². The van der Waals surface area contributed by atoms with Crippen LogP contribution in [0.15, 0.2) is 41.4 Å². The van der Waals surface area contributed by atoms with Crippen molar-refractivity contribution in [1.82, 2.24) is 25.1 Å². The van der Waals surface area contributed by atoms with Gasteiger partial charge in [0.15, 0.2) is 5.82 Å². The first kappa shape index (κ1) is 14.8. The minimum absolute atomic E-state index is 0.0877. The first-order valence-corrected chi connectivity index (χ1v) is 7.02. The van der Waals surface area contributed by atoms with E-state index in [0.29, 0.717) is 25.5 Å². The maximum absolute atomic E-state index is 9.08. The number of hydrogen-bond acceptors (Lipinski definition) is 5. The number of tetrazole rings is 1. The van der Waals surface area contributed by atoms with Crippen LogP contribution in [0.2, 0.25) is 0 Å². The van der Waals surface area contributed by atoms with E-state index in [1.807, 2.05) is 29.2 Å². The lowest BCUT2D eigenvalue weighted by molar-refractivity contribution is 0.199. The van der Waals surface area contributed by atoms with Gasteiger partial charge in [-0.25, -0.2) is 0 Å². The summed E-state index contributed by atoms with van der Waals surface area (Å²) < 4.78 is 2.61. The SMILES string of the molecule is C=CCN(CCO)Cc1nnnn1-c1ccccc1Br. The van der Waals surface area contributed by atoms with Gasteiger partial charge in [-0.15, -0.1) is 11.7 Å². The van der Waals surface area contributed by atoms with Crippen LogP contribution in [0.25, 0.3) is 5.69 Å². The molecule has 106 valence electrons. The van der Waals surface area contributed by atoms with Gasteiger partial charge in [-0.2, -0.15) is 4.68 Å². The molecule has 2 aromatic rings. The molecule has 0 aliphatic rings. The van der Waals surface area contributed by atoms with Crippen LogP contribution in [0.1, 0.15) is 5.82 Å². The first-order chi connectivity index (χ1) is 9.76. The summed E-state index contributed by atoms with van der Waals surface area (Å²) in [5.74, 6) is 0.715. The van der Waals surface area contributed by atoms with Gasteiger partial charge in [-0.1, -0.05) is 18.2 Å². The number of nitrogens with zero attached hydrogens (tertiary/aromatic N) is 5. The maximum Gasteiger partial charge on any atom is 0.170 e. The molecule has 1 aromatic heterocycles. The molecule has 0 aliphatic carbocycles. The molecule has 0 amide bonds. The third kappa shape index (κ3) is 3.50. The molecular formula is C13H16BrN5O. The standard InChI is InChI=1S/C13H16BrN5O/c1-2-7-18(8-9-20)10-13-15-16-17-19(13)12-6-4-3-5-11(12)14/h2-6,20H,1,7-10H2. The first-order valence-electron chi connectivity index (χ1n) is 6.22. The van der Waals surface area contributed by atoms with Crippen LogP contribution in [-0.4, -0.2) is 49.9 Å². The summed E-state index contributed by atoms with van der Waals surface area (Å²) in [6.45, 7) is 5.57. The number of hydrogen-bond donors (Lipinski definition) is 1. The summed E-state index contributed by atoms with van der Waals surface area (Å²) in [5.41, 5.74) is 0.884. The summed E-state index contributed by atoms with van der Waals surface area (Å²) in [4.78, 5) is 2.02. The predicted molar refractivity (Wildman–Crippen MR) is 79.4 cm³/mol. The van der Waals surface area contributed by atoms with Crippen molar-refractivity contribution in [2.75, 3.05) is 19.7 Å². The van der Waals surface area contributed by atoms with Crippen molar-refractivity contribution < 1.29 is 5.11 Å². The Morgan fingerprint density at radius 1 is 1.40 bits per heavy atom. The minimum atomic E-state index is 0.0877. The summed E-state index contributed by atoms with van der Waals surface area (Å²) in [7, 11) is 0. The molecule has 0 radical (unpaired) electrons. The molecule has 0 saturated carbocycles. The fourth-order valence-corrected chi connectivity index (χ4v) is 2.33. The largest absolute Gasteiger partial charge is 0.395 e. The van der Waals surface area contributed by atoms with Crippen molar-refractivity contribution in [1.29, 1.82) is 0 Å². The number of halogens is 1. The van der Waals surface area contributed by atoms with Crippen LogP contribution in [-0.2, 0) is 6.54 Å². The average Bonchev–Trinajstić information content (AvgIpc) is 2.88. The van der Waals surface area contributed by atoms with E-state index in [9.17, 15) is 0 Å². The molecule has 0 spiro atoms. The monoisotopic (exact) mass is 337 g/mol. The molecule has 1 heterocycles. The second-order valence-electron chi connectivity index (χ2n) is 4.21. The molecule has 0 saturated heterocycles. The molecule has 20 heavy (non-hydrogen) atoms. The van der Waals surface area contributed by atoms with Crippen LogP contribution in [0.3, 0.4) is 0 Å². The van der Waals surface area contributed by atoms with E-state index in [-0.39, 0.29) is 6.61 Å². The lowest BCUT2D eigenvalue weighted by Crippen LogP contribution is -2.28. The summed E-state index contributed by atoms with van der Waals surface area (Å²) in [5, 5.41) is 20.9. The van der Waals surface area contributed by atoms with Gasteiger partial charge in [0.1, 0.15) is 0 Å². The molecule has 1 aromatic carbocycles. The molecule has 7 heteroatoms. The van der Waals surface area contributed by atoms with Crippen molar-refractivity contribution in [2.24, 2.45) is 0 Å². The number of aliphatic hydroxyl groups excluding tert-OH is 1. The fourth-order valence-electron chi connectivity index (χ4n) is 1.87. The second-order valence-corrected chi connectivity index (χ2v) is 5.06. The smallest absolute Gasteiger partial charge is 0.170 e. The number of aromatic nitrogens is 4. The third-order valence-electron chi connectivity index (χ3n) is 2.78. The Kier molecular flexibility index (Phi) is 5.40. The van der Waals surface area contributed by atoms with E-state index in [1.165, 1.54) is 0 Å². The Balaban J connectivity index is 2.24. The number of aliphatic hydroxyl groups is 1. The van der Waals surface area contributed by atoms with Gasteiger partial charge < -0.3 is 5.11 Å². The van der Waals surface area contributed by atoms with Crippen LogP contribution in [0.4, 0.5) is 0 Å². The summed E-state index contributed by atoms with van der Waals surface area (Å²) >= 11 is 3.49.